The van der Waals surface area contributed by atoms with Crippen LogP contribution in [0.2, 0.25) is 0 Å². The van der Waals surface area contributed by atoms with Gasteiger partial charge in [-0.25, -0.2) is 8.42 Å². The number of hydrogen-bond acceptors (Lipinski definition) is 4. The standard InChI is InChI=1S/C22H31N3O2S/c1-6-24(7-2)20-13-11-19(12-14-20)17-23-21-15-10-18(5)16-22(21)28(26,27)25(8-3)9-4/h10-17H,6-9H2,1-5H3. The highest BCUT2D eigenvalue weighted by Crippen LogP contribution is 2.28. The third-order valence-corrected chi connectivity index (χ3v) is 6.89. The maximum Gasteiger partial charge on any atom is 0.245 e. The van der Waals surface area contributed by atoms with Gasteiger partial charge in [-0.1, -0.05) is 32.0 Å². The molecule has 0 spiro atoms. The predicted octanol–water partition coefficient (Wildman–Crippen LogP) is 4.62. The summed E-state index contributed by atoms with van der Waals surface area (Å²) in [5.74, 6) is 0. The zero-order chi connectivity index (χ0) is 20.7. The summed E-state index contributed by atoms with van der Waals surface area (Å²) in [6, 6.07) is 13.5. The monoisotopic (exact) mass is 401 g/mol. The van der Waals surface area contributed by atoms with E-state index >= 15 is 0 Å². The largest absolute Gasteiger partial charge is 0.372 e. The maximum absolute atomic E-state index is 13.0. The number of rotatable bonds is 9. The lowest BCUT2D eigenvalue weighted by Crippen LogP contribution is -2.30. The maximum atomic E-state index is 13.0. The zero-order valence-corrected chi connectivity index (χ0v) is 18.3. The minimum Gasteiger partial charge on any atom is -0.372 e. The number of benzene rings is 2. The Kier molecular flexibility index (Phi) is 7.78. The molecule has 0 heterocycles. The van der Waals surface area contributed by atoms with Gasteiger partial charge in [0.1, 0.15) is 4.90 Å². The van der Waals surface area contributed by atoms with Crippen LogP contribution in [0.15, 0.2) is 52.4 Å². The number of nitrogens with zero attached hydrogens (tertiary/aromatic N) is 3. The van der Waals surface area contributed by atoms with Gasteiger partial charge in [0.15, 0.2) is 0 Å². The van der Waals surface area contributed by atoms with Crippen LogP contribution >= 0.6 is 0 Å². The summed E-state index contributed by atoms with van der Waals surface area (Å²) in [4.78, 5) is 7.04. The lowest BCUT2D eigenvalue weighted by molar-refractivity contribution is 0.445. The van der Waals surface area contributed by atoms with Gasteiger partial charge in [-0.3, -0.25) is 4.99 Å². The van der Waals surface area contributed by atoms with Crippen LogP contribution < -0.4 is 4.90 Å². The Morgan fingerprint density at radius 3 is 2.04 bits per heavy atom. The van der Waals surface area contributed by atoms with E-state index in [-0.39, 0.29) is 4.90 Å². The molecule has 2 aromatic carbocycles. The fourth-order valence-corrected chi connectivity index (χ4v) is 4.82. The molecule has 0 radical (unpaired) electrons. The second-order valence-corrected chi connectivity index (χ2v) is 8.49. The number of aliphatic imine (C=N–C) groups is 1. The smallest absolute Gasteiger partial charge is 0.245 e. The molecule has 0 saturated heterocycles. The van der Waals surface area contributed by atoms with Crippen molar-refractivity contribution in [2.45, 2.75) is 39.5 Å². The van der Waals surface area contributed by atoms with E-state index in [1.54, 1.807) is 18.3 Å². The first-order valence-corrected chi connectivity index (χ1v) is 11.3. The molecule has 0 N–H and O–H groups in total. The topological polar surface area (TPSA) is 53.0 Å². The second kappa shape index (κ2) is 9.85. The fourth-order valence-electron chi connectivity index (χ4n) is 3.14. The molecule has 152 valence electrons. The van der Waals surface area contributed by atoms with E-state index in [2.05, 4.69) is 35.9 Å². The highest BCUT2D eigenvalue weighted by Gasteiger charge is 2.24. The van der Waals surface area contributed by atoms with Crippen molar-refractivity contribution < 1.29 is 8.42 Å². The summed E-state index contributed by atoms with van der Waals surface area (Å²) in [5, 5.41) is 0. The van der Waals surface area contributed by atoms with Gasteiger partial charge >= 0.3 is 0 Å². The molecule has 28 heavy (non-hydrogen) atoms. The van der Waals surface area contributed by atoms with Crippen molar-refractivity contribution in [1.82, 2.24) is 4.31 Å². The molecule has 6 heteroatoms. The Morgan fingerprint density at radius 1 is 0.893 bits per heavy atom. The van der Waals surface area contributed by atoms with Gasteiger partial charge in [0, 0.05) is 38.1 Å². The molecule has 0 atom stereocenters. The molecule has 2 rings (SSSR count). The van der Waals surface area contributed by atoms with E-state index in [9.17, 15) is 8.42 Å². The van der Waals surface area contributed by atoms with Crippen molar-refractivity contribution in [2.24, 2.45) is 4.99 Å². The van der Waals surface area contributed by atoms with E-state index in [4.69, 9.17) is 0 Å². The van der Waals surface area contributed by atoms with E-state index in [1.165, 1.54) is 9.99 Å². The van der Waals surface area contributed by atoms with Gasteiger partial charge in [0.05, 0.1) is 5.69 Å². The SMILES string of the molecule is CCN(CC)c1ccc(C=Nc2ccc(C)cc2S(=O)(=O)N(CC)CC)cc1. The van der Waals surface area contributed by atoms with Crippen LogP contribution in [0.4, 0.5) is 11.4 Å². The van der Waals surface area contributed by atoms with Gasteiger partial charge < -0.3 is 4.90 Å². The number of hydrogen-bond donors (Lipinski definition) is 0. The van der Waals surface area contributed by atoms with E-state index in [0.29, 0.717) is 18.8 Å². The molecular weight excluding hydrogens is 370 g/mol. The lowest BCUT2D eigenvalue weighted by Gasteiger charge is -2.21. The molecule has 0 bridgehead atoms. The predicted molar refractivity (Wildman–Crippen MR) is 119 cm³/mol. The zero-order valence-electron chi connectivity index (χ0n) is 17.5. The third-order valence-electron chi connectivity index (χ3n) is 4.81. The first-order valence-electron chi connectivity index (χ1n) is 9.87. The van der Waals surface area contributed by atoms with E-state index in [1.807, 2.05) is 39.0 Å². The number of sulfonamides is 1. The molecule has 0 fully saturated rings. The van der Waals surface area contributed by atoms with Crippen LogP contribution in [0.5, 0.6) is 0 Å². The van der Waals surface area contributed by atoms with Gasteiger partial charge in [-0.05, 0) is 56.2 Å². The number of aryl methyl sites for hydroxylation is 1. The molecule has 2 aromatic rings. The average Bonchev–Trinajstić information content (AvgIpc) is 2.69. The summed E-state index contributed by atoms with van der Waals surface area (Å²) in [6.07, 6.45) is 1.72. The summed E-state index contributed by atoms with van der Waals surface area (Å²) < 4.78 is 27.5. The van der Waals surface area contributed by atoms with Crippen LogP contribution in [-0.2, 0) is 10.0 Å². The van der Waals surface area contributed by atoms with E-state index < -0.39 is 10.0 Å². The third kappa shape index (κ3) is 5.00. The fraction of sp³-hybridized carbons (Fsp3) is 0.409. The first kappa shape index (κ1) is 22.1. The summed E-state index contributed by atoms with van der Waals surface area (Å²) in [6.45, 7) is 12.6. The minimum atomic E-state index is -3.57. The molecule has 0 saturated carbocycles. The van der Waals surface area contributed by atoms with Crippen molar-refractivity contribution in [3.05, 3.63) is 53.6 Å². The molecule has 0 aromatic heterocycles. The molecular formula is C22H31N3O2S. The quantitative estimate of drug-likeness (QED) is 0.576. The Labute approximate surface area is 169 Å². The van der Waals surface area contributed by atoms with Crippen molar-refractivity contribution in [3.63, 3.8) is 0 Å². The summed E-state index contributed by atoms with van der Waals surface area (Å²) in [7, 11) is -3.57. The van der Waals surface area contributed by atoms with Crippen LogP contribution in [0.25, 0.3) is 0 Å². The van der Waals surface area contributed by atoms with Gasteiger partial charge in [0.25, 0.3) is 0 Å². The summed E-state index contributed by atoms with van der Waals surface area (Å²) >= 11 is 0. The molecule has 0 aliphatic heterocycles. The minimum absolute atomic E-state index is 0.257. The highest BCUT2D eigenvalue weighted by molar-refractivity contribution is 7.89. The first-order chi connectivity index (χ1) is 13.4. The van der Waals surface area contributed by atoms with Crippen molar-refractivity contribution >= 4 is 27.6 Å². The van der Waals surface area contributed by atoms with E-state index in [0.717, 1.165) is 24.2 Å². The highest BCUT2D eigenvalue weighted by atomic mass is 32.2. The Hall–Kier alpha value is -2.18. The molecule has 5 nitrogen and oxygen atoms in total. The van der Waals surface area contributed by atoms with Crippen LogP contribution in [0, 0.1) is 6.92 Å². The van der Waals surface area contributed by atoms with Crippen LogP contribution in [-0.4, -0.2) is 45.1 Å². The molecule has 0 amide bonds. The van der Waals surface area contributed by atoms with Crippen LogP contribution in [0.1, 0.15) is 38.8 Å². The number of anilines is 1. The van der Waals surface area contributed by atoms with Crippen molar-refractivity contribution in [3.8, 4) is 0 Å². The molecule has 0 unspecified atom stereocenters. The van der Waals surface area contributed by atoms with Gasteiger partial charge in [-0.2, -0.15) is 4.31 Å². The Bertz CT molecular complexity index is 898. The molecule has 0 aliphatic rings. The van der Waals surface area contributed by atoms with Crippen molar-refractivity contribution in [1.29, 1.82) is 0 Å². The molecule has 0 aliphatic carbocycles. The Balaban J connectivity index is 2.37. The second-order valence-electron chi connectivity index (χ2n) is 6.58. The van der Waals surface area contributed by atoms with Gasteiger partial charge in [-0.15, -0.1) is 0 Å². The van der Waals surface area contributed by atoms with Gasteiger partial charge in [0.2, 0.25) is 10.0 Å². The Morgan fingerprint density at radius 2 is 1.50 bits per heavy atom. The normalized spacial score (nSPS) is 12.1. The van der Waals surface area contributed by atoms with Crippen LogP contribution in [0.3, 0.4) is 0 Å². The van der Waals surface area contributed by atoms with Crippen molar-refractivity contribution in [2.75, 3.05) is 31.1 Å². The average molecular weight is 402 g/mol. The summed E-state index contributed by atoms with van der Waals surface area (Å²) in [5.41, 5.74) is 3.46. The lowest BCUT2D eigenvalue weighted by atomic mass is 10.2.